The van der Waals surface area contributed by atoms with Crippen LogP contribution in [0.2, 0.25) is 0 Å². The van der Waals surface area contributed by atoms with Crippen molar-refractivity contribution in [3.63, 3.8) is 0 Å². The van der Waals surface area contributed by atoms with Gasteiger partial charge in [0.1, 0.15) is 0 Å². The fraction of sp³-hybridized carbons (Fsp3) is 0.778. The van der Waals surface area contributed by atoms with Crippen molar-refractivity contribution in [2.45, 2.75) is 26.3 Å². The number of nitrogens with zero attached hydrogens (tertiary/aromatic N) is 2. The van der Waals surface area contributed by atoms with Gasteiger partial charge in [0.2, 0.25) is 10.0 Å². The van der Waals surface area contributed by atoms with E-state index in [0.29, 0.717) is 4.31 Å². The maximum Gasteiger partial charge on any atom is 0.325 e. The van der Waals surface area contributed by atoms with Crippen molar-refractivity contribution in [2.75, 3.05) is 19.3 Å². The maximum absolute atomic E-state index is 11.7. The summed E-state index contributed by atoms with van der Waals surface area (Å²) in [5, 5.41) is 0. The molecule has 0 spiro atoms. The van der Waals surface area contributed by atoms with Crippen LogP contribution in [0.25, 0.3) is 0 Å². The van der Waals surface area contributed by atoms with Crippen molar-refractivity contribution in [1.82, 2.24) is 9.21 Å². The van der Waals surface area contributed by atoms with E-state index in [4.69, 9.17) is 0 Å². The molecule has 7 heteroatoms. The van der Waals surface area contributed by atoms with Gasteiger partial charge >= 0.3 is 11.8 Å². The highest BCUT2D eigenvalue weighted by molar-refractivity contribution is 7.89. The summed E-state index contributed by atoms with van der Waals surface area (Å²) in [6, 6.07) is 0. The molecular weight excluding hydrogens is 232 g/mol. The Morgan fingerprint density at radius 2 is 1.56 bits per heavy atom. The molecule has 1 aliphatic heterocycles. The standard InChI is InChI=1S/C9H16N2O4S/c1-9(2,3)10-5-6-11(16(4,14)15)8(13)7(10)12/h5-6H2,1-4H3. The van der Waals surface area contributed by atoms with Crippen molar-refractivity contribution >= 4 is 21.8 Å². The first kappa shape index (κ1) is 13.0. The van der Waals surface area contributed by atoms with E-state index in [1.165, 1.54) is 4.90 Å². The predicted octanol–water partition coefficient (Wildman–Crippen LogP) is -0.585. The molecule has 6 nitrogen and oxygen atoms in total. The number of sulfonamides is 1. The van der Waals surface area contributed by atoms with Crippen molar-refractivity contribution in [1.29, 1.82) is 0 Å². The molecular formula is C9H16N2O4S. The quantitative estimate of drug-likeness (QED) is 0.582. The maximum atomic E-state index is 11.7. The third-order valence-electron chi connectivity index (χ3n) is 2.39. The Morgan fingerprint density at radius 1 is 1.06 bits per heavy atom. The van der Waals surface area contributed by atoms with Crippen molar-refractivity contribution in [3.05, 3.63) is 0 Å². The highest BCUT2D eigenvalue weighted by Gasteiger charge is 2.41. The number of hydrogen-bond acceptors (Lipinski definition) is 4. The zero-order valence-corrected chi connectivity index (χ0v) is 10.7. The third-order valence-corrected chi connectivity index (χ3v) is 3.54. The summed E-state index contributed by atoms with van der Waals surface area (Å²) in [7, 11) is -3.64. The molecule has 2 amide bonds. The lowest BCUT2D eigenvalue weighted by molar-refractivity contribution is -0.156. The van der Waals surface area contributed by atoms with Crippen LogP contribution in [0.4, 0.5) is 0 Å². The van der Waals surface area contributed by atoms with Crippen LogP contribution in [-0.2, 0) is 19.6 Å². The van der Waals surface area contributed by atoms with Crippen molar-refractivity contribution < 1.29 is 18.0 Å². The molecule has 1 fully saturated rings. The molecule has 92 valence electrons. The lowest BCUT2D eigenvalue weighted by atomic mass is 10.0. The molecule has 1 heterocycles. The highest BCUT2D eigenvalue weighted by Crippen LogP contribution is 2.18. The highest BCUT2D eigenvalue weighted by atomic mass is 32.2. The Balaban J connectivity index is 2.99. The van der Waals surface area contributed by atoms with E-state index in [-0.39, 0.29) is 13.1 Å². The summed E-state index contributed by atoms with van der Waals surface area (Å²) < 4.78 is 23.1. The monoisotopic (exact) mass is 248 g/mol. The van der Waals surface area contributed by atoms with Gasteiger partial charge in [-0.05, 0) is 20.8 Å². The SMILES string of the molecule is CC(C)(C)N1CCN(S(C)(=O)=O)C(=O)C1=O. The zero-order valence-electron chi connectivity index (χ0n) is 9.85. The number of piperazine rings is 1. The minimum absolute atomic E-state index is 0.0284. The number of carbonyl (C=O) groups is 2. The number of carbonyl (C=O) groups excluding carboxylic acids is 2. The van der Waals surface area contributed by atoms with Crippen LogP contribution in [0.1, 0.15) is 20.8 Å². The van der Waals surface area contributed by atoms with Gasteiger partial charge < -0.3 is 4.90 Å². The molecule has 0 aromatic heterocycles. The summed E-state index contributed by atoms with van der Waals surface area (Å²) in [4.78, 5) is 24.7. The molecule has 0 radical (unpaired) electrons. The topological polar surface area (TPSA) is 74.8 Å². The largest absolute Gasteiger partial charge is 0.328 e. The van der Waals surface area contributed by atoms with Crippen LogP contribution in [0.3, 0.4) is 0 Å². The van der Waals surface area contributed by atoms with Gasteiger partial charge in [0, 0.05) is 12.1 Å². The molecule has 0 N–H and O–H groups in total. The third kappa shape index (κ3) is 2.34. The van der Waals surface area contributed by atoms with Gasteiger partial charge in [0.25, 0.3) is 0 Å². The average Bonchev–Trinajstić information content (AvgIpc) is 2.05. The van der Waals surface area contributed by atoms with Gasteiger partial charge in [-0.3, -0.25) is 9.59 Å². The summed E-state index contributed by atoms with van der Waals surface area (Å²) in [6.07, 6.45) is 0.922. The molecule has 0 unspecified atom stereocenters. The summed E-state index contributed by atoms with van der Waals surface area (Å²) in [5.74, 6) is -1.73. The van der Waals surface area contributed by atoms with Crippen LogP contribution in [-0.4, -0.2) is 54.3 Å². The van der Waals surface area contributed by atoms with Crippen LogP contribution in [0, 0.1) is 0 Å². The predicted molar refractivity (Wildman–Crippen MR) is 58.0 cm³/mol. The second-order valence-electron chi connectivity index (χ2n) is 4.77. The molecule has 0 saturated carbocycles. The van der Waals surface area contributed by atoms with Crippen LogP contribution >= 0.6 is 0 Å². The van der Waals surface area contributed by atoms with Crippen molar-refractivity contribution in [2.24, 2.45) is 0 Å². The first-order chi connectivity index (χ1) is 7.05. The van der Waals surface area contributed by atoms with Gasteiger partial charge in [-0.25, -0.2) is 12.7 Å². The van der Waals surface area contributed by atoms with Gasteiger partial charge in [0.05, 0.1) is 12.8 Å². The smallest absolute Gasteiger partial charge is 0.325 e. The molecule has 1 aliphatic rings. The Hall–Kier alpha value is -1.11. The Kier molecular flexibility index (Phi) is 3.02. The molecule has 0 aliphatic carbocycles. The molecule has 0 aromatic rings. The minimum Gasteiger partial charge on any atom is -0.328 e. The van der Waals surface area contributed by atoms with Gasteiger partial charge in [0.15, 0.2) is 0 Å². The fourth-order valence-electron chi connectivity index (χ4n) is 1.57. The molecule has 0 aromatic carbocycles. The summed E-state index contributed by atoms with van der Waals surface area (Å²) in [5.41, 5.74) is -0.476. The first-order valence-electron chi connectivity index (χ1n) is 4.89. The van der Waals surface area contributed by atoms with Crippen LogP contribution < -0.4 is 0 Å². The second-order valence-corrected chi connectivity index (χ2v) is 6.67. The van der Waals surface area contributed by atoms with Crippen LogP contribution in [0.15, 0.2) is 0 Å². The van der Waals surface area contributed by atoms with E-state index in [1.807, 2.05) is 0 Å². The van der Waals surface area contributed by atoms with Crippen molar-refractivity contribution in [3.8, 4) is 0 Å². The lowest BCUT2D eigenvalue weighted by Gasteiger charge is -2.40. The lowest BCUT2D eigenvalue weighted by Crippen LogP contribution is -2.60. The van der Waals surface area contributed by atoms with E-state index in [0.717, 1.165) is 6.26 Å². The van der Waals surface area contributed by atoms with E-state index < -0.39 is 27.4 Å². The molecule has 1 rings (SSSR count). The van der Waals surface area contributed by atoms with Gasteiger partial charge in [-0.2, -0.15) is 0 Å². The number of rotatable bonds is 1. The first-order valence-corrected chi connectivity index (χ1v) is 6.73. The minimum atomic E-state index is -3.64. The fourth-order valence-corrected chi connectivity index (χ4v) is 2.37. The van der Waals surface area contributed by atoms with Gasteiger partial charge in [-0.15, -0.1) is 0 Å². The average molecular weight is 248 g/mol. The zero-order chi connectivity index (χ0) is 12.7. The van der Waals surface area contributed by atoms with E-state index in [1.54, 1.807) is 20.8 Å². The summed E-state index contributed by atoms with van der Waals surface area (Å²) >= 11 is 0. The number of hydrogen-bond donors (Lipinski definition) is 0. The van der Waals surface area contributed by atoms with Crippen LogP contribution in [0.5, 0.6) is 0 Å². The Bertz CT molecular complexity index is 421. The molecule has 0 bridgehead atoms. The van der Waals surface area contributed by atoms with Gasteiger partial charge in [-0.1, -0.05) is 0 Å². The second kappa shape index (κ2) is 3.73. The number of amides is 2. The normalized spacial score (nSPS) is 19.2. The molecule has 16 heavy (non-hydrogen) atoms. The molecule has 1 saturated heterocycles. The Morgan fingerprint density at radius 3 is 1.94 bits per heavy atom. The van der Waals surface area contributed by atoms with E-state index in [9.17, 15) is 18.0 Å². The van der Waals surface area contributed by atoms with E-state index in [2.05, 4.69) is 0 Å². The Labute approximate surface area is 95.3 Å². The summed E-state index contributed by atoms with van der Waals surface area (Å²) in [6.45, 7) is 5.67. The molecule has 0 atom stereocenters. The van der Waals surface area contributed by atoms with E-state index >= 15 is 0 Å².